The summed E-state index contributed by atoms with van der Waals surface area (Å²) < 4.78 is 10.9. The van der Waals surface area contributed by atoms with E-state index in [4.69, 9.17) is 14.5 Å². The second-order valence-corrected chi connectivity index (χ2v) is 10.2. The fourth-order valence-electron chi connectivity index (χ4n) is 5.66. The Hall–Kier alpha value is -3.86. The van der Waals surface area contributed by atoms with Gasteiger partial charge in [0, 0.05) is 48.6 Å². The van der Waals surface area contributed by atoms with Crippen molar-refractivity contribution in [2.24, 2.45) is 0 Å². The number of piperidine rings is 1. The third kappa shape index (κ3) is 5.78. The van der Waals surface area contributed by atoms with Crippen LogP contribution in [0.1, 0.15) is 44.1 Å². The van der Waals surface area contributed by atoms with Gasteiger partial charge in [-0.2, -0.15) is 4.98 Å². The van der Waals surface area contributed by atoms with E-state index in [0.29, 0.717) is 42.0 Å². The molecule has 0 spiro atoms. The summed E-state index contributed by atoms with van der Waals surface area (Å²) in [5, 5.41) is 9.91. The van der Waals surface area contributed by atoms with E-state index in [-0.39, 0.29) is 30.1 Å². The first kappa shape index (κ1) is 26.7. The van der Waals surface area contributed by atoms with Gasteiger partial charge in [-0.05, 0) is 38.3 Å². The first-order valence-corrected chi connectivity index (χ1v) is 13.6. The molecule has 39 heavy (non-hydrogen) atoms. The highest BCUT2D eigenvalue weighted by molar-refractivity contribution is 6.06. The number of carbonyl (C=O) groups is 2. The van der Waals surface area contributed by atoms with Crippen LogP contribution in [0.5, 0.6) is 11.5 Å². The van der Waals surface area contributed by atoms with E-state index in [1.54, 1.807) is 31.4 Å². The first-order chi connectivity index (χ1) is 19.0. The second kappa shape index (κ2) is 11.9. The van der Waals surface area contributed by atoms with Crippen LogP contribution in [-0.2, 0) is 11.3 Å². The van der Waals surface area contributed by atoms with Crippen LogP contribution in [0.25, 0.3) is 0 Å². The number of carbonyl (C=O) groups excluding carboxylic acids is 2. The topological polar surface area (TPSA) is 121 Å². The summed E-state index contributed by atoms with van der Waals surface area (Å²) >= 11 is 0. The van der Waals surface area contributed by atoms with Gasteiger partial charge < -0.3 is 25.4 Å². The Labute approximate surface area is 229 Å². The molecule has 1 aromatic heterocycles. The summed E-state index contributed by atoms with van der Waals surface area (Å²) in [5.41, 5.74) is 1.54. The molecule has 1 aromatic carbocycles. The number of rotatable bonds is 8. The lowest BCUT2D eigenvalue weighted by Crippen LogP contribution is -2.56. The first-order valence-electron chi connectivity index (χ1n) is 13.6. The van der Waals surface area contributed by atoms with Crippen LogP contribution < -0.4 is 35.2 Å². The van der Waals surface area contributed by atoms with Crippen molar-refractivity contribution in [1.29, 1.82) is 0 Å². The van der Waals surface area contributed by atoms with Gasteiger partial charge in [0.25, 0.3) is 0 Å². The minimum Gasteiger partial charge on any atom is -0.497 e. The summed E-state index contributed by atoms with van der Waals surface area (Å²) in [4.78, 5) is 39.1. The Kier molecular flexibility index (Phi) is 8.16. The number of hydrogen-bond acceptors (Lipinski definition) is 8. The molecule has 1 saturated carbocycles. The molecule has 5 rings (SSSR count). The number of amides is 3. The highest BCUT2D eigenvalue weighted by Crippen LogP contribution is 2.36. The maximum atomic E-state index is 14.1. The maximum Gasteiger partial charge on any atom is 0.330 e. The number of nitrogens with one attached hydrogen (secondary N) is 3. The van der Waals surface area contributed by atoms with E-state index in [2.05, 4.69) is 27.5 Å². The van der Waals surface area contributed by atoms with Crippen molar-refractivity contribution in [3.8, 4) is 11.5 Å². The lowest BCUT2D eigenvalue weighted by molar-refractivity contribution is -0.117. The molecule has 11 heteroatoms. The average molecular weight is 536 g/mol. The molecule has 3 N–H and O–H groups in total. The molecule has 0 bridgehead atoms. The molecule has 11 nitrogen and oxygen atoms in total. The number of anilines is 3. The number of hydrogen-bond donors (Lipinski definition) is 3. The van der Waals surface area contributed by atoms with Gasteiger partial charge in [-0.1, -0.05) is 19.4 Å². The second-order valence-electron chi connectivity index (χ2n) is 10.2. The third-order valence-electron chi connectivity index (χ3n) is 7.71. The molecule has 3 heterocycles. The fourth-order valence-corrected chi connectivity index (χ4v) is 5.66. The Bertz CT molecular complexity index is 1190. The quantitative estimate of drug-likeness (QED) is 0.441. The van der Waals surface area contributed by atoms with E-state index in [9.17, 15) is 9.59 Å². The van der Waals surface area contributed by atoms with E-state index in [0.717, 1.165) is 50.6 Å². The van der Waals surface area contributed by atoms with Crippen molar-refractivity contribution < 1.29 is 19.1 Å². The minimum atomic E-state index is -0.184. The molecular weight excluding hydrogens is 498 g/mol. The van der Waals surface area contributed by atoms with Crippen LogP contribution >= 0.6 is 0 Å². The van der Waals surface area contributed by atoms with Gasteiger partial charge in [0.1, 0.15) is 17.3 Å². The number of nitrogens with zero attached hydrogens (tertiary/aromatic N) is 4. The molecule has 3 atom stereocenters. The summed E-state index contributed by atoms with van der Waals surface area (Å²) in [5.74, 6) is 2.11. The summed E-state index contributed by atoms with van der Waals surface area (Å²) in [6, 6.07) is 5.21. The summed E-state index contributed by atoms with van der Waals surface area (Å²) in [7, 11) is 3.18. The smallest absolute Gasteiger partial charge is 0.330 e. The molecule has 208 valence electrons. The van der Waals surface area contributed by atoms with Gasteiger partial charge in [-0.3, -0.25) is 14.6 Å². The molecule has 3 amide bonds. The molecule has 3 unspecified atom stereocenters. The van der Waals surface area contributed by atoms with Crippen LogP contribution in [-0.4, -0.2) is 67.3 Å². The van der Waals surface area contributed by atoms with Crippen molar-refractivity contribution in [2.45, 2.75) is 63.2 Å². The molecule has 1 saturated heterocycles. The van der Waals surface area contributed by atoms with E-state index < -0.39 is 0 Å². The summed E-state index contributed by atoms with van der Waals surface area (Å²) in [6.07, 6.45) is 8.81. The lowest BCUT2D eigenvalue weighted by Gasteiger charge is -2.41. The average Bonchev–Trinajstić information content (AvgIpc) is 2.97. The van der Waals surface area contributed by atoms with Crippen LogP contribution in [0, 0.1) is 0 Å². The van der Waals surface area contributed by atoms with Crippen molar-refractivity contribution in [3.63, 3.8) is 0 Å². The van der Waals surface area contributed by atoms with Crippen molar-refractivity contribution in [1.82, 2.24) is 20.6 Å². The number of methoxy groups -OCH3 is 2. The van der Waals surface area contributed by atoms with Crippen LogP contribution in [0.2, 0.25) is 0 Å². The van der Waals surface area contributed by atoms with Gasteiger partial charge in [-0.25, -0.2) is 9.78 Å². The van der Waals surface area contributed by atoms with Crippen LogP contribution in [0.4, 0.5) is 22.2 Å². The normalized spacial score (nSPS) is 23.0. The lowest BCUT2D eigenvalue weighted by atomic mass is 9.90. The van der Waals surface area contributed by atoms with Crippen molar-refractivity contribution in [3.05, 3.63) is 42.6 Å². The van der Waals surface area contributed by atoms with Gasteiger partial charge in [0.15, 0.2) is 0 Å². The van der Waals surface area contributed by atoms with Gasteiger partial charge in [0.05, 0.1) is 32.5 Å². The molecule has 2 aliphatic heterocycles. The van der Waals surface area contributed by atoms with E-state index in [1.807, 2.05) is 17.0 Å². The molecule has 3 aliphatic rings. The zero-order valence-corrected chi connectivity index (χ0v) is 22.6. The molecule has 0 radical (unpaired) electrons. The van der Waals surface area contributed by atoms with Crippen molar-refractivity contribution >= 4 is 29.4 Å². The minimum absolute atomic E-state index is 0.00876. The third-order valence-corrected chi connectivity index (χ3v) is 7.71. The molecule has 2 fully saturated rings. The van der Waals surface area contributed by atoms with Crippen LogP contribution in [0.3, 0.4) is 0 Å². The number of aromatic nitrogens is 2. The highest BCUT2D eigenvalue weighted by Gasteiger charge is 2.38. The van der Waals surface area contributed by atoms with Crippen LogP contribution in [0.15, 0.2) is 37.1 Å². The number of ether oxygens (including phenoxy) is 2. The zero-order valence-electron chi connectivity index (χ0n) is 22.6. The maximum absolute atomic E-state index is 14.1. The Balaban J connectivity index is 1.47. The van der Waals surface area contributed by atoms with E-state index >= 15 is 0 Å². The van der Waals surface area contributed by atoms with Gasteiger partial charge >= 0.3 is 6.03 Å². The Morgan fingerprint density at radius 3 is 2.51 bits per heavy atom. The molecule has 1 aliphatic carbocycles. The Morgan fingerprint density at radius 1 is 1.10 bits per heavy atom. The van der Waals surface area contributed by atoms with Gasteiger partial charge in [-0.15, -0.1) is 0 Å². The Morgan fingerprint density at radius 2 is 1.85 bits per heavy atom. The molecular formula is C28H37N7O4. The van der Waals surface area contributed by atoms with Gasteiger partial charge in [0.2, 0.25) is 11.9 Å². The van der Waals surface area contributed by atoms with Crippen molar-refractivity contribution in [2.75, 3.05) is 42.4 Å². The zero-order chi connectivity index (χ0) is 27.4. The SMILES string of the molecule is C=CC(=O)NC1CCCCC1Nc1ncc2c(n1)N(C1CCCNC1)C(=O)N(c1cc(OC)cc(OC)c1)C2. The monoisotopic (exact) mass is 535 g/mol. The highest BCUT2D eigenvalue weighted by atomic mass is 16.5. The number of urea groups is 1. The summed E-state index contributed by atoms with van der Waals surface area (Å²) in [6.45, 7) is 5.51. The molecule has 2 aromatic rings. The van der Waals surface area contributed by atoms with E-state index in [1.165, 1.54) is 6.08 Å². The predicted octanol–water partition coefficient (Wildman–Crippen LogP) is 3.22. The predicted molar refractivity (Wildman–Crippen MR) is 150 cm³/mol. The fraction of sp³-hybridized carbons (Fsp3) is 0.500. The standard InChI is InChI=1S/C28H37N7O4/c1-4-25(36)31-23-9-5-6-10-24(23)32-27-30-15-18-17-34(20-12-21(38-2)14-22(13-20)39-3)28(37)35(26(18)33-27)19-8-7-11-29-16-19/h4,12-15,19,23-24,29H,1,5-11,16-17H2,2-3H3,(H,31,36)(H,30,32,33). The largest absolute Gasteiger partial charge is 0.497 e. The number of fused-ring (bicyclic) bond motifs is 1. The number of benzene rings is 1.